The monoisotopic (exact) mass is 366 g/mol. The minimum Gasteiger partial charge on any atom is -0.503 e. The summed E-state index contributed by atoms with van der Waals surface area (Å²) in [4.78, 5) is 0. The molecule has 0 aliphatic rings. The van der Waals surface area contributed by atoms with Crippen molar-refractivity contribution >= 4 is 43.2 Å². The molecule has 1 aromatic heterocycles. The van der Waals surface area contributed by atoms with Gasteiger partial charge in [-0.05, 0) is 6.07 Å². The van der Waals surface area contributed by atoms with Crippen LogP contribution in [0.2, 0.25) is 5.02 Å². The Kier molecular flexibility index (Phi) is 5.23. The zero-order valence-electron chi connectivity index (χ0n) is 10.3. The smallest absolute Gasteiger partial charge is 0.503 e. The molecule has 0 saturated carbocycles. The number of aromatic nitrogens is 1. The van der Waals surface area contributed by atoms with Crippen molar-refractivity contribution in [2.75, 3.05) is 0 Å². The van der Waals surface area contributed by atoms with Gasteiger partial charge in [0.25, 0.3) is 0 Å². The molecule has 3 N–H and O–H groups in total. The number of hydrogen-bond acceptors (Lipinski definition) is 6. The van der Waals surface area contributed by atoms with Gasteiger partial charge in [0.05, 0.1) is 10.5 Å². The van der Waals surface area contributed by atoms with E-state index in [2.05, 4.69) is 4.18 Å². The predicted octanol–water partition coefficient (Wildman–Crippen LogP) is -2.16. The Morgan fingerprint density at radius 2 is 1.76 bits per heavy atom. The van der Waals surface area contributed by atoms with Crippen LogP contribution in [-0.2, 0) is 20.7 Å². The minimum atomic E-state index is -4.96. The van der Waals surface area contributed by atoms with Gasteiger partial charge in [-0.3, -0.25) is 9.11 Å². The topological polar surface area (TPSA) is 143 Å². The van der Waals surface area contributed by atoms with Gasteiger partial charge in [-0.25, -0.2) is 3.97 Å². The van der Waals surface area contributed by atoms with Gasteiger partial charge in [0.15, 0.2) is 11.5 Å². The third-order valence-electron chi connectivity index (χ3n) is 2.28. The molecule has 2 aromatic rings. The molecule has 1 heterocycles. The largest absolute Gasteiger partial charge is 1.00 e. The maximum Gasteiger partial charge on any atom is 1.00 e. The first-order valence-corrected chi connectivity index (χ1v) is 7.82. The second-order valence-corrected chi connectivity index (χ2v) is 6.26. The normalized spacial score (nSPS) is 12.1. The number of benzene rings is 1. The van der Waals surface area contributed by atoms with Crippen LogP contribution in [-0.4, -0.2) is 35.0 Å². The molecule has 0 saturated heterocycles. The van der Waals surface area contributed by atoms with Crippen LogP contribution in [0, 0.1) is 0 Å². The van der Waals surface area contributed by atoms with Gasteiger partial charge in [-0.1, -0.05) is 11.6 Å². The summed E-state index contributed by atoms with van der Waals surface area (Å²) in [6, 6.07) is 1.94. The Balaban J connectivity index is 0.00000220. The van der Waals surface area contributed by atoms with E-state index < -0.39 is 37.2 Å². The van der Waals surface area contributed by atoms with Gasteiger partial charge in [-0.2, -0.15) is 16.8 Å². The number of rotatable bonds is 3. The molecule has 0 bridgehead atoms. The van der Waals surface area contributed by atoms with Gasteiger partial charge in [0.2, 0.25) is 0 Å². The zero-order chi connectivity index (χ0) is 15.3. The first-order valence-electron chi connectivity index (χ1n) is 4.68. The summed E-state index contributed by atoms with van der Waals surface area (Å²) in [7, 11) is -9.62. The van der Waals surface area contributed by atoms with Crippen molar-refractivity contribution < 1.29 is 64.8 Å². The summed E-state index contributed by atoms with van der Waals surface area (Å²) in [6.07, 6.45) is 0.933. The van der Waals surface area contributed by atoms with E-state index in [4.69, 9.17) is 20.7 Å². The first-order chi connectivity index (χ1) is 9.00. The fourth-order valence-electron chi connectivity index (χ4n) is 1.56. The summed E-state index contributed by atoms with van der Waals surface area (Å²) in [5.74, 6) is -1.61. The minimum absolute atomic E-state index is 0. The summed E-state index contributed by atoms with van der Waals surface area (Å²) in [5, 5.41) is 9.22. The number of halogens is 1. The summed E-state index contributed by atoms with van der Waals surface area (Å²) in [6.45, 7) is 0. The molecule has 110 valence electrons. The Morgan fingerprint density at radius 3 is 2.24 bits per heavy atom. The molecule has 0 aliphatic heterocycles. The van der Waals surface area contributed by atoms with Crippen LogP contribution in [0.1, 0.15) is 0 Å². The predicted molar refractivity (Wildman–Crippen MR) is 67.7 cm³/mol. The SMILES string of the molecule is O=S(=O)(O)Oc1cc2c(ccn2S(=O)(=O)O)c(Cl)c1O.[Na+]. The van der Waals surface area contributed by atoms with Crippen LogP contribution in [0.25, 0.3) is 10.9 Å². The van der Waals surface area contributed by atoms with E-state index >= 15 is 0 Å². The van der Waals surface area contributed by atoms with Crippen molar-refractivity contribution in [2.45, 2.75) is 0 Å². The molecule has 9 nitrogen and oxygen atoms in total. The van der Waals surface area contributed by atoms with Crippen LogP contribution < -0.4 is 33.7 Å². The van der Waals surface area contributed by atoms with Crippen molar-refractivity contribution in [1.29, 1.82) is 0 Å². The van der Waals surface area contributed by atoms with Crippen molar-refractivity contribution in [3.63, 3.8) is 0 Å². The molecule has 0 fully saturated rings. The molecule has 0 amide bonds. The summed E-state index contributed by atoms with van der Waals surface area (Å²) < 4.78 is 65.4. The van der Waals surface area contributed by atoms with Gasteiger partial charge in [0.1, 0.15) is 0 Å². The fourth-order valence-corrected chi connectivity index (χ4v) is 2.78. The van der Waals surface area contributed by atoms with Crippen LogP contribution in [0.5, 0.6) is 11.5 Å². The number of hydrogen-bond donors (Lipinski definition) is 3. The third-order valence-corrected chi connectivity index (χ3v) is 3.87. The molecule has 13 heteroatoms. The van der Waals surface area contributed by atoms with Gasteiger partial charge in [-0.15, -0.1) is 0 Å². The molecule has 2 rings (SSSR count). The standard InChI is InChI=1S/C8H6ClNO8S2.Na/c9-7-4-1-2-10(19(12,13)14)5(4)3-6(8(7)11)18-20(15,16)17;/h1-3,11H,(H,12,13,14)(H,15,16,17);/q;+1. The molecule has 0 radical (unpaired) electrons. The molecule has 0 spiro atoms. The maximum atomic E-state index is 11.1. The van der Waals surface area contributed by atoms with E-state index in [-0.39, 0.29) is 40.5 Å². The quantitative estimate of drug-likeness (QED) is 0.411. The number of nitrogens with zero attached hydrogens (tertiary/aromatic N) is 1. The number of fused-ring (bicyclic) bond motifs is 1. The van der Waals surface area contributed by atoms with E-state index in [1.165, 1.54) is 6.07 Å². The molecular formula is C8H6ClNNaO8S2+. The van der Waals surface area contributed by atoms with Crippen LogP contribution in [0.4, 0.5) is 0 Å². The van der Waals surface area contributed by atoms with E-state index in [9.17, 15) is 21.9 Å². The van der Waals surface area contributed by atoms with Gasteiger partial charge in [0, 0.05) is 17.6 Å². The van der Waals surface area contributed by atoms with Crippen molar-refractivity contribution in [2.24, 2.45) is 0 Å². The Bertz CT molecular complexity index is 904. The van der Waals surface area contributed by atoms with Gasteiger partial charge >= 0.3 is 50.3 Å². The van der Waals surface area contributed by atoms with E-state index in [1.807, 2.05) is 0 Å². The zero-order valence-corrected chi connectivity index (χ0v) is 14.6. The molecule has 0 unspecified atom stereocenters. The average Bonchev–Trinajstić information content (AvgIpc) is 2.66. The molecular weight excluding hydrogens is 361 g/mol. The fraction of sp³-hybridized carbons (Fsp3) is 0. The second kappa shape index (κ2) is 5.93. The molecule has 0 atom stereocenters. The van der Waals surface area contributed by atoms with E-state index in [0.717, 1.165) is 12.3 Å². The Hall–Kier alpha value is -0.530. The van der Waals surface area contributed by atoms with E-state index in [1.54, 1.807) is 0 Å². The summed E-state index contributed by atoms with van der Waals surface area (Å²) in [5.41, 5.74) is -0.256. The number of phenolic OH excluding ortho intramolecular Hbond substituents is 1. The van der Waals surface area contributed by atoms with Gasteiger partial charge < -0.3 is 9.29 Å². The van der Waals surface area contributed by atoms with Crippen LogP contribution in [0.3, 0.4) is 0 Å². The first kappa shape index (κ1) is 18.5. The van der Waals surface area contributed by atoms with Crippen LogP contribution in [0.15, 0.2) is 18.3 Å². The number of phenols is 1. The summed E-state index contributed by atoms with van der Waals surface area (Å²) >= 11 is 5.73. The van der Waals surface area contributed by atoms with Crippen molar-refractivity contribution in [1.82, 2.24) is 3.97 Å². The number of aromatic hydroxyl groups is 1. The van der Waals surface area contributed by atoms with E-state index in [0.29, 0.717) is 3.97 Å². The van der Waals surface area contributed by atoms with Crippen molar-refractivity contribution in [3.05, 3.63) is 23.4 Å². The molecule has 0 aliphatic carbocycles. The average molecular weight is 367 g/mol. The maximum absolute atomic E-state index is 11.1. The Morgan fingerprint density at radius 1 is 1.19 bits per heavy atom. The second-order valence-electron chi connectivity index (χ2n) is 3.57. The van der Waals surface area contributed by atoms with Crippen LogP contribution >= 0.6 is 11.6 Å². The Labute approximate surface area is 146 Å². The van der Waals surface area contributed by atoms with Crippen molar-refractivity contribution in [3.8, 4) is 11.5 Å². The molecule has 21 heavy (non-hydrogen) atoms. The molecule has 1 aromatic carbocycles. The third kappa shape index (κ3) is 3.81.